The summed E-state index contributed by atoms with van der Waals surface area (Å²) in [4.78, 5) is 2.35. The zero-order valence-electron chi connectivity index (χ0n) is 12.5. The molecule has 2 rings (SSSR count). The molecule has 20 heavy (non-hydrogen) atoms. The van der Waals surface area contributed by atoms with Crippen LogP contribution in [0.15, 0.2) is 0 Å². The van der Waals surface area contributed by atoms with E-state index in [2.05, 4.69) is 4.90 Å². The highest BCUT2D eigenvalue weighted by atomic mass is 32.2. The van der Waals surface area contributed by atoms with Crippen molar-refractivity contribution in [3.8, 4) is 0 Å². The minimum atomic E-state index is -3.07. The number of rotatable bonds is 6. The Labute approximate surface area is 122 Å². The van der Waals surface area contributed by atoms with E-state index in [9.17, 15) is 8.42 Å². The van der Waals surface area contributed by atoms with E-state index in [-0.39, 0.29) is 12.1 Å². The molecule has 0 aromatic heterocycles. The quantitative estimate of drug-likeness (QED) is 0.699. The maximum absolute atomic E-state index is 11.5. The summed E-state index contributed by atoms with van der Waals surface area (Å²) in [5.41, 5.74) is 0. The maximum atomic E-state index is 11.5. The molecule has 2 aliphatic heterocycles. The van der Waals surface area contributed by atoms with E-state index >= 15 is 0 Å². The fourth-order valence-corrected chi connectivity index (χ4v) is 3.52. The van der Waals surface area contributed by atoms with Crippen molar-refractivity contribution < 1.29 is 17.9 Å². The van der Waals surface area contributed by atoms with Gasteiger partial charge >= 0.3 is 0 Å². The van der Waals surface area contributed by atoms with Crippen LogP contribution in [0.2, 0.25) is 0 Å². The lowest BCUT2D eigenvalue weighted by molar-refractivity contribution is 0.0246. The standard InChI is InChI=1S/C13H26N2O4S/c1-14(20(2,16)17)12-3-6-15(7-4-12)8-10-19-13-5-9-18-11-13/h12-13H,3-11H2,1-2H3. The average Bonchev–Trinajstić information content (AvgIpc) is 2.91. The minimum absolute atomic E-state index is 0.144. The molecule has 2 aliphatic rings. The summed E-state index contributed by atoms with van der Waals surface area (Å²) in [6.07, 6.45) is 4.34. The second-order valence-corrected chi connectivity index (χ2v) is 7.75. The Kier molecular flexibility index (Phi) is 5.80. The van der Waals surface area contributed by atoms with E-state index in [1.54, 1.807) is 7.05 Å². The van der Waals surface area contributed by atoms with E-state index in [1.807, 2.05) is 0 Å². The largest absolute Gasteiger partial charge is 0.379 e. The number of ether oxygens (including phenoxy) is 2. The second kappa shape index (κ2) is 7.17. The summed E-state index contributed by atoms with van der Waals surface area (Å²) in [7, 11) is -1.39. The number of likely N-dealkylation sites (tertiary alicyclic amines) is 1. The monoisotopic (exact) mass is 306 g/mol. The van der Waals surface area contributed by atoms with E-state index < -0.39 is 10.0 Å². The van der Waals surface area contributed by atoms with Crippen LogP contribution in [0.25, 0.3) is 0 Å². The van der Waals surface area contributed by atoms with Crippen LogP contribution >= 0.6 is 0 Å². The van der Waals surface area contributed by atoms with Gasteiger partial charge in [-0.05, 0) is 32.4 Å². The van der Waals surface area contributed by atoms with E-state index in [1.165, 1.54) is 10.6 Å². The number of hydrogen-bond donors (Lipinski definition) is 0. The predicted octanol–water partition coefficient (Wildman–Crippen LogP) is 0.148. The van der Waals surface area contributed by atoms with Gasteiger partial charge in [0, 0.05) is 26.2 Å². The van der Waals surface area contributed by atoms with E-state index in [0.717, 1.165) is 58.7 Å². The first-order valence-electron chi connectivity index (χ1n) is 7.31. The van der Waals surface area contributed by atoms with Gasteiger partial charge in [-0.2, -0.15) is 0 Å². The van der Waals surface area contributed by atoms with Gasteiger partial charge in [0.1, 0.15) is 0 Å². The first-order valence-corrected chi connectivity index (χ1v) is 9.16. The normalized spacial score (nSPS) is 26.4. The zero-order valence-corrected chi connectivity index (χ0v) is 13.3. The molecule has 0 spiro atoms. The molecule has 1 atom stereocenters. The summed E-state index contributed by atoms with van der Waals surface area (Å²) >= 11 is 0. The van der Waals surface area contributed by atoms with Crippen LogP contribution in [0, 0.1) is 0 Å². The highest BCUT2D eigenvalue weighted by molar-refractivity contribution is 7.88. The Morgan fingerprint density at radius 3 is 2.55 bits per heavy atom. The summed E-state index contributed by atoms with van der Waals surface area (Å²) in [5.74, 6) is 0. The Hall–Kier alpha value is -0.210. The van der Waals surface area contributed by atoms with Crippen molar-refractivity contribution in [2.45, 2.75) is 31.4 Å². The van der Waals surface area contributed by atoms with Crippen molar-refractivity contribution in [2.24, 2.45) is 0 Å². The molecule has 0 saturated carbocycles. The van der Waals surface area contributed by atoms with Crippen molar-refractivity contribution in [3.63, 3.8) is 0 Å². The van der Waals surface area contributed by atoms with Crippen molar-refractivity contribution in [1.29, 1.82) is 0 Å². The van der Waals surface area contributed by atoms with Crippen LogP contribution in [0.5, 0.6) is 0 Å². The molecule has 0 amide bonds. The van der Waals surface area contributed by atoms with Gasteiger partial charge in [0.2, 0.25) is 10.0 Å². The van der Waals surface area contributed by atoms with E-state index in [0.29, 0.717) is 0 Å². The molecule has 118 valence electrons. The molecule has 0 radical (unpaired) electrons. The third-order valence-electron chi connectivity index (χ3n) is 4.24. The summed E-state index contributed by atoms with van der Waals surface area (Å²) in [5, 5.41) is 0. The molecular weight excluding hydrogens is 280 g/mol. The fraction of sp³-hybridized carbons (Fsp3) is 1.00. The predicted molar refractivity (Wildman–Crippen MR) is 77.2 cm³/mol. The van der Waals surface area contributed by atoms with Crippen molar-refractivity contribution in [2.75, 3.05) is 52.8 Å². The van der Waals surface area contributed by atoms with Gasteiger partial charge in [0.25, 0.3) is 0 Å². The molecule has 0 aliphatic carbocycles. The third-order valence-corrected chi connectivity index (χ3v) is 5.59. The zero-order chi connectivity index (χ0) is 14.6. The number of hydrogen-bond acceptors (Lipinski definition) is 5. The lowest BCUT2D eigenvalue weighted by Crippen LogP contribution is -2.46. The highest BCUT2D eigenvalue weighted by Gasteiger charge is 2.27. The van der Waals surface area contributed by atoms with Crippen molar-refractivity contribution in [3.05, 3.63) is 0 Å². The minimum Gasteiger partial charge on any atom is -0.379 e. The number of piperidine rings is 1. The smallest absolute Gasteiger partial charge is 0.211 e. The van der Waals surface area contributed by atoms with Gasteiger partial charge in [0.15, 0.2) is 0 Å². The molecule has 7 heteroatoms. The van der Waals surface area contributed by atoms with Gasteiger partial charge in [-0.1, -0.05) is 0 Å². The van der Waals surface area contributed by atoms with Gasteiger partial charge in [-0.15, -0.1) is 0 Å². The Bertz CT molecular complexity index is 387. The fourth-order valence-electron chi connectivity index (χ4n) is 2.77. The summed E-state index contributed by atoms with van der Waals surface area (Å²) in [6, 6.07) is 0.144. The summed E-state index contributed by atoms with van der Waals surface area (Å²) in [6.45, 7) is 5.08. The van der Waals surface area contributed by atoms with Crippen LogP contribution < -0.4 is 0 Å². The highest BCUT2D eigenvalue weighted by Crippen LogP contribution is 2.17. The first-order chi connectivity index (χ1) is 9.47. The van der Waals surface area contributed by atoms with E-state index in [4.69, 9.17) is 9.47 Å². The molecule has 0 N–H and O–H groups in total. The third kappa shape index (κ3) is 4.66. The van der Waals surface area contributed by atoms with Crippen LogP contribution in [0.3, 0.4) is 0 Å². The molecule has 2 heterocycles. The summed E-state index contributed by atoms with van der Waals surface area (Å²) < 4.78 is 35.6. The number of sulfonamides is 1. The molecule has 2 fully saturated rings. The van der Waals surface area contributed by atoms with Crippen LogP contribution in [-0.4, -0.2) is 82.5 Å². The number of nitrogens with zero attached hydrogens (tertiary/aromatic N) is 2. The first kappa shape index (κ1) is 16.2. The van der Waals surface area contributed by atoms with Gasteiger partial charge in [-0.3, -0.25) is 0 Å². The SMILES string of the molecule is CN(C1CCN(CCOC2CCOC2)CC1)S(C)(=O)=O. The lowest BCUT2D eigenvalue weighted by atomic mass is 10.1. The molecule has 0 aromatic rings. The van der Waals surface area contributed by atoms with Crippen molar-refractivity contribution >= 4 is 10.0 Å². The van der Waals surface area contributed by atoms with Gasteiger partial charge in [-0.25, -0.2) is 12.7 Å². The average molecular weight is 306 g/mol. The van der Waals surface area contributed by atoms with Crippen molar-refractivity contribution in [1.82, 2.24) is 9.21 Å². The molecule has 0 aromatic carbocycles. The van der Waals surface area contributed by atoms with Crippen LogP contribution in [0.4, 0.5) is 0 Å². The molecule has 1 unspecified atom stereocenters. The molecular formula is C13H26N2O4S. The second-order valence-electron chi connectivity index (χ2n) is 5.71. The maximum Gasteiger partial charge on any atom is 0.211 e. The topological polar surface area (TPSA) is 59.1 Å². The van der Waals surface area contributed by atoms with Crippen LogP contribution in [-0.2, 0) is 19.5 Å². The molecule has 0 bridgehead atoms. The van der Waals surface area contributed by atoms with Crippen LogP contribution in [0.1, 0.15) is 19.3 Å². The van der Waals surface area contributed by atoms with Gasteiger partial charge < -0.3 is 14.4 Å². The molecule has 2 saturated heterocycles. The van der Waals surface area contributed by atoms with Gasteiger partial charge in [0.05, 0.1) is 25.6 Å². The molecule has 6 nitrogen and oxygen atoms in total. The Morgan fingerprint density at radius 1 is 1.30 bits per heavy atom. The lowest BCUT2D eigenvalue weighted by Gasteiger charge is -2.35. The Balaban J connectivity index is 1.64. The Morgan fingerprint density at radius 2 is 2.00 bits per heavy atom.